The smallest absolute Gasteiger partial charge is 0.170 e. The highest BCUT2D eigenvalue weighted by molar-refractivity contribution is 7.80. The van der Waals surface area contributed by atoms with E-state index >= 15 is 0 Å². The molecule has 156 valence electrons. The van der Waals surface area contributed by atoms with Gasteiger partial charge in [-0.1, -0.05) is 12.1 Å². The molecule has 2 aromatic rings. The standard InChI is InChI=1S/C23H32N4OS/c1-18-6-4-7-22(19(18)2)25-23(29)24-12-5-13-26-14-16-27(17-15-26)20-8-10-21(28-3)11-9-20/h4,6-11H,5,12-17H2,1-3H3,(H2,24,25,29). The monoisotopic (exact) mass is 412 g/mol. The van der Waals surface area contributed by atoms with Crippen molar-refractivity contribution in [1.82, 2.24) is 10.2 Å². The fourth-order valence-corrected chi connectivity index (χ4v) is 3.79. The fraction of sp³-hybridized carbons (Fsp3) is 0.435. The SMILES string of the molecule is COc1ccc(N2CCN(CCCNC(=S)Nc3cccc(C)c3C)CC2)cc1. The molecule has 1 heterocycles. The number of ether oxygens (including phenoxy) is 1. The highest BCUT2D eigenvalue weighted by atomic mass is 32.1. The van der Waals surface area contributed by atoms with Crippen molar-refractivity contribution in [1.29, 1.82) is 0 Å². The number of hydrogen-bond donors (Lipinski definition) is 2. The van der Waals surface area contributed by atoms with Crippen LogP contribution >= 0.6 is 12.2 Å². The van der Waals surface area contributed by atoms with Crippen molar-refractivity contribution in [2.45, 2.75) is 20.3 Å². The Kier molecular flexibility index (Phi) is 7.72. The minimum Gasteiger partial charge on any atom is -0.497 e. The lowest BCUT2D eigenvalue weighted by Gasteiger charge is -2.36. The Balaban J connectivity index is 1.33. The van der Waals surface area contributed by atoms with Crippen LogP contribution in [0.5, 0.6) is 5.75 Å². The van der Waals surface area contributed by atoms with Gasteiger partial charge in [-0.3, -0.25) is 4.90 Å². The van der Waals surface area contributed by atoms with Gasteiger partial charge in [0, 0.05) is 44.1 Å². The van der Waals surface area contributed by atoms with Crippen molar-refractivity contribution >= 4 is 28.7 Å². The molecule has 5 nitrogen and oxygen atoms in total. The molecular formula is C23H32N4OS. The van der Waals surface area contributed by atoms with Gasteiger partial charge in [0.1, 0.15) is 5.75 Å². The zero-order chi connectivity index (χ0) is 20.6. The predicted molar refractivity (Wildman–Crippen MR) is 126 cm³/mol. The van der Waals surface area contributed by atoms with Crippen LogP contribution in [0.2, 0.25) is 0 Å². The summed E-state index contributed by atoms with van der Waals surface area (Å²) in [7, 11) is 1.70. The molecule has 0 unspecified atom stereocenters. The second-order valence-corrected chi connectivity index (χ2v) is 7.92. The number of aryl methyl sites for hydroxylation is 1. The van der Waals surface area contributed by atoms with Gasteiger partial charge in [-0.15, -0.1) is 0 Å². The van der Waals surface area contributed by atoms with Crippen LogP contribution in [0, 0.1) is 13.8 Å². The zero-order valence-electron chi connectivity index (χ0n) is 17.7. The van der Waals surface area contributed by atoms with Crippen LogP contribution in [-0.2, 0) is 0 Å². The maximum Gasteiger partial charge on any atom is 0.170 e. The van der Waals surface area contributed by atoms with Crippen LogP contribution in [0.15, 0.2) is 42.5 Å². The zero-order valence-corrected chi connectivity index (χ0v) is 18.5. The Labute approximate surface area is 180 Å². The first-order chi connectivity index (χ1) is 14.1. The number of anilines is 2. The minimum absolute atomic E-state index is 0.697. The third-order valence-corrected chi connectivity index (χ3v) is 5.85. The molecule has 1 aliphatic rings. The first-order valence-corrected chi connectivity index (χ1v) is 10.7. The molecule has 29 heavy (non-hydrogen) atoms. The molecule has 1 aliphatic heterocycles. The summed E-state index contributed by atoms with van der Waals surface area (Å²) < 4.78 is 5.24. The Morgan fingerprint density at radius 1 is 1.03 bits per heavy atom. The number of nitrogens with zero attached hydrogens (tertiary/aromatic N) is 2. The van der Waals surface area contributed by atoms with Crippen LogP contribution in [0.25, 0.3) is 0 Å². The first-order valence-electron chi connectivity index (χ1n) is 10.3. The molecule has 0 radical (unpaired) electrons. The van der Waals surface area contributed by atoms with Gasteiger partial charge in [0.2, 0.25) is 0 Å². The third-order valence-electron chi connectivity index (χ3n) is 5.60. The maximum absolute atomic E-state index is 5.44. The second kappa shape index (κ2) is 10.5. The molecule has 0 atom stereocenters. The van der Waals surface area contributed by atoms with Gasteiger partial charge >= 0.3 is 0 Å². The summed E-state index contributed by atoms with van der Waals surface area (Å²) in [6.45, 7) is 10.5. The summed E-state index contributed by atoms with van der Waals surface area (Å²) in [5.74, 6) is 0.907. The molecule has 0 spiro atoms. The average molecular weight is 413 g/mol. The number of thiocarbonyl (C=S) groups is 1. The molecule has 1 saturated heterocycles. The largest absolute Gasteiger partial charge is 0.497 e. The van der Waals surface area contributed by atoms with Crippen LogP contribution in [0.3, 0.4) is 0 Å². The first kappa shape index (κ1) is 21.4. The van der Waals surface area contributed by atoms with E-state index in [1.54, 1.807) is 7.11 Å². The van der Waals surface area contributed by atoms with Gasteiger partial charge < -0.3 is 20.3 Å². The maximum atomic E-state index is 5.44. The van der Waals surface area contributed by atoms with Crippen LogP contribution in [-0.4, -0.2) is 56.4 Å². The Hall–Kier alpha value is -2.31. The minimum atomic E-state index is 0.697. The van der Waals surface area contributed by atoms with Crippen molar-refractivity contribution in [3.8, 4) is 5.75 Å². The highest BCUT2D eigenvalue weighted by Crippen LogP contribution is 2.20. The Morgan fingerprint density at radius 3 is 2.45 bits per heavy atom. The van der Waals surface area contributed by atoms with E-state index in [1.807, 2.05) is 12.1 Å². The van der Waals surface area contributed by atoms with E-state index in [0.29, 0.717) is 5.11 Å². The second-order valence-electron chi connectivity index (χ2n) is 7.51. The van der Waals surface area contributed by atoms with E-state index in [2.05, 4.69) is 64.6 Å². The van der Waals surface area contributed by atoms with Gasteiger partial charge in [-0.2, -0.15) is 0 Å². The molecule has 0 aromatic heterocycles. The van der Waals surface area contributed by atoms with Crippen molar-refractivity contribution in [3.63, 3.8) is 0 Å². The number of benzene rings is 2. The lowest BCUT2D eigenvalue weighted by Crippen LogP contribution is -2.47. The molecule has 0 bridgehead atoms. The average Bonchev–Trinajstić information content (AvgIpc) is 2.75. The van der Waals surface area contributed by atoms with Crippen LogP contribution in [0.1, 0.15) is 17.5 Å². The van der Waals surface area contributed by atoms with Gasteiger partial charge in [0.15, 0.2) is 5.11 Å². The summed E-state index contributed by atoms with van der Waals surface area (Å²) in [4.78, 5) is 4.97. The van der Waals surface area contributed by atoms with Gasteiger partial charge in [-0.05, 0) is 80.5 Å². The summed E-state index contributed by atoms with van der Waals surface area (Å²) in [5, 5.41) is 7.34. The van der Waals surface area contributed by atoms with E-state index in [9.17, 15) is 0 Å². The van der Waals surface area contributed by atoms with Crippen LogP contribution in [0.4, 0.5) is 11.4 Å². The van der Waals surface area contributed by atoms with Gasteiger partial charge in [-0.25, -0.2) is 0 Å². The quantitative estimate of drug-likeness (QED) is 0.532. The van der Waals surface area contributed by atoms with Gasteiger partial charge in [0.25, 0.3) is 0 Å². The summed E-state index contributed by atoms with van der Waals surface area (Å²) in [6, 6.07) is 14.6. The van der Waals surface area contributed by atoms with Crippen molar-refractivity contribution in [2.75, 3.05) is 56.6 Å². The molecule has 0 amide bonds. The van der Waals surface area contributed by atoms with E-state index in [0.717, 1.165) is 57.1 Å². The number of nitrogens with one attached hydrogen (secondary N) is 2. The molecule has 2 aromatic carbocycles. The summed E-state index contributed by atoms with van der Waals surface area (Å²) in [6.07, 6.45) is 1.08. The van der Waals surface area contributed by atoms with Gasteiger partial charge in [0.05, 0.1) is 7.11 Å². The van der Waals surface area contributed by atoms with E-state index in [-0.39, 0.29) is 0 Å². The summed E-state index contributed by atoms with van der Waals surface area (Å²) in [5.41, 5.74) is 4.87. The highest BCUT2D eigenvalue weighted by Gasteiger charge is 2.16. The molecular weight excluding hydrogens is 380 g/mol. The van der Waals surface area contributed by atoms with Crippen molar-refractivity contribution in [3.05, 3.63) is 53.6 Å². The molecule has 3 rings (SSSR count). The third kappa shape index (κ3) is 6.08. The lowest BCUT2D eigenvalue weighted by atomic mass is 10.1. The number of rotatable bonds is 7. The molecule has 2 N–H and O–H groups in total. The molecule has 0 aliphatic carbocycles. The predicted octanol–water partition coefficient (Wildman–Crippen LogP) is 3.81. The Morgan fingerprint density at radius 2 is 1.76 bits per heavy atom. The number of piperazine rings is 1. The number of methoxy groups -OCH3 is 1. The molecule has 1 fully saturated rings. The molecule has 6 heteroatoms. The Bertz CT molecular complexity index is 801. The van der Waals surface area contributed by atoms with Crippen LogP contribution < -0.4 is 20.3 Å². The van der Waals surface area contributed by atoms with Crippen molar-refractivity contribution < 1.29 is 4.74 Å². The lowest BCUT2D eigenvalue weighted by molar-refractivity contribution is 0.255. The topological polar surface area (TPSA) is 39.8 Å². The van der Waals surface area contributed by atoms with E-state index in [1.165, 1.54) is 16.8 Å². The number of hydrogen-bond acceptors (Lipinski definition) is 4. The molecule has 0 saturated carbocycles. The van der Waals surface area contributed by atoms with E-state index < -0.39 is 0 Å². The fourth-order valence-electron chi connectivity index (χ4n) is 3.58. The van der Waals surface area contributed by atoms with E-state index in [4.69, 9.17) is 17.0 Å². The normalized spacial score (nSPS) is 14.5. The van der Waals surface area contributed by atoms with Crippen molar-refractivity contribution in [2.24, 2.45) is 0 Å². The summed E-state index contributed by atoms with van der Waals surface area (Å²) >= 11 is 5.44.